The maximum absolute atomic E-state index is 12.9. The Labute approximate surface area is 556 Å². The zero-order chi connectivity index (χ0) is 65.5. The number of rotatable bonds is 68. The Morgan fingerprint density at radius 1 is 0.356 bits per heavy atom. The lowest BCUT2D eigenvalue weighted by molar-refractivity contribution is -0.870. The number of hydrogen-bond acceptors (Lipinski definition) is 8. The molecule has 0 saturated carbocycles. The Balaban J connectivity index is 4.04. The van der Waals surface area contributed by atoms with Crippen LogP contribution >= 0.6 is 7.82 Å². The fourth-order valence-electron chi connectivity index (χ4n) is 10.3. The number of phosphoric acid groups is 1. The van der Waals surface area contributed by atoms with Crippen molar-refractivity contribution in [3.63, 3.8) is 0 Å². The van der Waals surface area contributed by atoms with Crippen LogP contribution in [-0.4, -0.2) is 70.0 Å². The number of carbonyl (C=O) groups excluding carboxylic acids is 2. The predicted molar refractivity (Wildman–Crippen MR) is 388 cm³/mol. The smallest absolute Gasteiger partial charge is 0.306 e. The molecule has 0 aliphatic carbocycles. The average Bonchev–Trinajstić information content (AvgIpc) is 3.58. The zero-order valence-electron chi connectivity index (χ0n) is 59.1. The van der Waals surface area contributed by atoms with E-state index < -0.39 is 26.5 Å². The Morgan fingerprint density at radius 3 is 0.944 bits per heavy atom. The summed E-state index contributed by atoms with van der Waals surface area (Å²) in [4.78, 5) is 38.1. The third kappa shape index (κ3) is 73.5. The van der Waals surface area contributed by atoms with Crippen molar-refractivity contribution in [1.29, 1.82) is 0 Å². The molecule has 9 nitrogen and oxygen atoms in total. The first-order chi connectivity index (χ1) is 44.0. The molecule has 0 aromatic heterocycles. The Bertz CT molecular complexity index is 1940. The van der Waals surface area contributed by atoms with Crippen LogP contribution in [0.3, 0.4) is 0 Å². The summed E-state index contributed by atoms with van der Waals surface area (Å²) in [5.74, 6) is -0.831. The number of phosphoric ester groups is 1. The van der Waals surface area contributed by atoms with E-state index in [-0.39, 0.29) is 32.0 Å². The second-order valence-corrected chi connectivity index (χ2v) is 27.3. The quantitative estimate of drug-likeness (QED) is 0.0195. The monoisotopic (exact) mass is 1270 g/mol. The number of hydrogen-bond donors (Lipinski definition) is 0. The van der Waals surface area contributed by atoms with E-state index in [1.54, 1.807) is 0 Å². The molecule has 0 heterocycles. The summed E-state index contributed by atoms with van der Waals surface area (Å²) in [7, 11) is 1.16. The molecule has 0 aliphatic heterocycles. The van der Waals surface area contributed by atoms with Gasteiger partial charge in [-0.05, 0) is 109 Å². The van der Waals surface area contributed by atoms with E-state index in [4.69, 9.17) is 18.5 Å². The van der Waals surface area contributed by atoms with Crippen molar-refractivity contribution in [2.75, 3.05) is 47.5 Å². The maximum Gasteiger partial charge on any atom is 0.306 e. The summed E-state index contributed by atoms with van der Waals surface area (Å²) in [5.41, 5.74) is 0. The third-order valence-corrected chi connectivity index (χ3v) is 16.9. The van der Waals surface area contributed by atoms with Crippen molar-refractivity contribution < 1.29 is 42.1 Å². The fraction of sp³-hybridized carbons (Fsp3) is 0.725. The van der Waals surface area contributed by atoms with Gasteiger partial charge >= 0.3 is 11.9 Å². The van der Waals surface area contributed by atoms with Crippen LogP contribution in [0.4, 0.5) is 0 Å². The zero-order valence-corrected chi connectivity index (χ0v) is 59.9. The fourth-order valence-corrected chi connectivity index (χ4v) is 11.0. The van der Waals surface area contributed by atoms with Crippen LogP contribution in [0.25, 0.3) is 0 Å². The number of unbranched alkanes of at least 4 members (excludes halogenated alkanes) is 34. The number of ether oxygens (including phenoxy) is 2. The standard InChI is InChI=1S/C80H140NO8P/c1-6-8-10-12-14-16-18-20-22-24-26-28-30-32-34-36-38-40-42-44-46-48-50-52-54-56-58-60-62-64-66-68-70-72-79(82)86-76-78(77-88-90(84,85)87-75-74-81(3,4)5)89-80(83)73-71-69-67-65-63-61-59-57-55-53-51-49-47-45-43-41-39-37-35-33-31-29-27-25-23-21-19-17-15-13-11-9-7-2/h9,11,15,17-18,20-21,23-24,26-27,29-30,32-33,35,39,41,45,47,78H,6-8,10,12-14,16,19,22,25,28,31,34,36-38,40,42-44,46,48-77H2,1-5H3/b11-9-,17-15-,20-18-,23-21-,26-24-,29-27-,32-30-,35-33-,41-39-,47-45-. The van der Waals surface area contributed by atoms with Gasteiger partial charge in [0.1, 0.15) is 19.8 Å². The number of likely N-dealkylation sites (N-methyl/N-ethyl adjacent to an activating group) is 1. The van der Waals surface area contributed by atoms with E-state index in [1.807, 2.05) is 21.1 Å². The van der Waals surface area contributed by atoms with E-state index in [2.05, 4.69) is 135 Å². The lowest BCUT2D eigenvalue weighted by Crippen LogP contribution is -2.37. The molecule has 0 aliphatic rings. The van der Waals surface area contributed by atoms with E-state index in [0.717, 1.165) is 103 Å². The Hall–Kier alpha value is -3.59. The third-order valence-electron chi connectivity index (χ3n) is 16.0. The van der Waals surface area contributed by atoms with Crippen molar-refractivity contribution in [1.82, 2.24) is 0 Å². The molecule has 0 amide bonds. The topological polar surface area (TPSA) is 111 Å². The minimum absolute atomic E-state index is 0.0353. The van der Waals surface area contributed by atoms with Crippen LogP contribution in [0.1, 0.15) is 322 Å². The van der Waals surface area contributed by atoms with Crippen LogP contribution in [0.15, 0.2) is 122 Å². The summed E-state index contributed by atoms with van der Waals surface area (Å²) in [5, 5.41) is 0. The molecule has 0 rings (SSSR count). The normalized spacial score (nSPS) is 13.8. The van der Waals surface area contributed by atoms with Crippen LogP contribution in [0.2, 0.25) is 0 Å². The van der Waals surface area contributed by atoms with Crippen LogP contribution in [0, 0.1) is 0 Å². The molecule has 0 fully saturated rings. The number of esters is 2. The minimum Gasteiger partial charge on any atom is -0.756 e. The molecule has 0 spiro atoms. The van der Waals surface area contributed by atoms with Gasteiger partial charge in [0.2, 0.25) is 0 Å². The molecule has 2 atom stereocenters. The largest absolute Gasteiger partial charge is 0.756 e. The molecule has 90 heavy (non-hydrogen) atoms. The van der Waals surface area contributed by atoms with Crippen molar-refractivity contribution in [3.05, 3.63) is 122 Å². The lowest BCUT2D eigenvalue weighted by Gasteiger charge is -2.28. The first-order valence-electron chi connectivity index (χ1n) is 37.2. The van der Waals surface area contributed by atoms with Gasteiger partial charge < -0.3 is 27.9 Å². The summed E-state index contributed by atoms with van der Waals surface area (Å²) in [6.45, 7) is 4.14. The van der Waals surface area contributed by atoms with Gasteiger partial charge in [-0.25, -0.2) is 0 Å². The van der Waals surface area contributed by atoms with Gasteiger partial charge in [0.15, 0.2) is 6.10 Å². The first kappa shape index (κ1) is 86.4. The van der Waals surface area contributed by atoms with Crippen molar-refractivity contribution in [2.24, 2.45) is 0 Å². The molecular weight excluding hydrogens is 1130 g/mol. The lowest BCUT2D eigenvalue weighted by atomic mass is 10.0. The second kappa shape index (κ2) is 69.7. The summed E-state index contributed by atoms with van der Waals surface area (Å²) >= 11 is 0. The summed E-state index contributed by atoms with van der Waals surface area (Å²) in [6, 6.07) is 0. The molecule has 10 heteroatoms. The van der Waals surface area contributed by atoms with E-state index in [0.29, 0.717) is 17.4 Å². The summed E-state index contributed by atoms with van der Waals surface area (Å²) in [6.07, 6.45) is 100. The van der Waals surface area contributed by atoms with Crippen LogP contribution in [-0.2, 0) is 32.7 Å². The van der Waals surface area contributed by atoms with E-state index in [9.17, 15) is 19.0 Å². The van der Waals surface area contributed by atoms with Gasteiger partial charge in [-0.15, -0.1) is 0 Å². The molecule has 0 N–H and O–H groups in total. The number of carbonyl (C=O) groups is 2. The molecule has 2 unspecified atom stereocenters. The second-order valence-electron chi connectivity index (χ2n) is 25.9. The van der Waals surface area contributed by atoms with Gasteiger partial charge in [-0.2, -0.15) is 0 Å². The van der Waals surface area contributed by atoms with Gasteiger partial charge in [0.25, 0.3) is 7.82 Å². The molecular formula is C80H140NO8P. The number of quaternary nitrogens is 1. The van der Waals surface area contributed by atoms with E-state index >= 15 is 0 Å². The molecule has 0 bridgehead atoms. The Kier molecular flexibility index (Phi) is 67.0. The average molecular weight is 1270 g/mol. The van der Waals surface area contributed by atoms with Gasteiger partial charge in [-0.1, -0.05) is 322 Å². The highest BCUT2D eigenvalue weighted by Crippen LogP contribution is 2.38. The highest BCUT2D eigenvalue weighted by molar-refractivity contribution is 7.45. The van der Waals surface area contributed by atoms with Gasteiger partial charge in [0, 0.05) is 12.8 Å². The van der Waals surface area contributed by atoms with Crippen molar-refractivity contribution >= 4 is 19.8 Å². The van der Waals surface area contributed by atoms with Crippen molar-refractivity contribution in [2.45, 2.75) is 328 Å². The van der Waals surface area contributed by atoms with Crippen LogP contribution < -0.4 is 4.89 Å². The molecule has 0 saturated heterocycles. The number of nitrogens with zero attached hydrogens (tertiary/aromatic N) is 1. The predicted octanol–water partition coefficient (Wildman–Crippen LogP) is 24.0. The molecule has 0 aromatic rings. The minimum atomic E-state index is -4.65. The van der Waals surface area contributed by atoms with Crippen molar-refractivity contribution in [3.8, 4) is 0 Å². The maximum atomic E-state index is 12.9. The number of allylic oxidation sites excluding steroid dienone is 20. The molecule has 0 radical (unpaired) electrons. The van der Waals surface area contributed by atoms with Gasteiger partial charge in [0.05, 0.1) is 27.7 Å². The first-order valence-corrected chi connectivity index (χ1v) is 38.7. The van der Waals surface area contributed by atoms with Gasteiger partial charge in [-0.3, -0.25) is 14.2 Å². The highest BCUT2D eigenvalue weighted by atomic mass is 31.2. The van der Waals surface area contributed by atoms with Crippen LogP contribution in [0.5, 0.6) is 0 Å². The highest BCUT2D eigenvalue weighted by Gasteiger charge is 2.22. The molecule has 0 aromatic carbocycles. The van der Waals surface area contributed by atoms with E-state index in [1.165, 1.54) is 186 Å². The SMILES string of the molecule is CC/C=C\C/C=C\C/C=C\C/C=C\C/C=C\C/C=C\C/C=C\CCCCCCCCCCCCCC(=O)OC(COC(=O)CCCCCCCCCCCCCCCCCCCC/C=C\C/C=C\C/C=C\CCCCCCC)COP(=O)([O-])OCC[N+](C)(C)C. The molecule has 518 valence electrons. The summed E-state index contributed by atoms with van der Waals surface area (Å²) < 4.78 is 34.4. The Morgan fingerprint density at radius 2 is 0.633 bits per heavy atom.